The van der Waals surface area contributed by atoms with Gasteiger partial charge in [0, 0.05) is 31.2 Å². The van der Waals surface area contributed by atoms with Crippen molar-refractivity contribution in [2.75, 3.05) is 0 Å². The van der Waals surface area contributed by atoms with E-state index in [1.165, 1.54) is 0 Å². The Bertz CT molecular complexity index is 384. The zero-order valence-electron chi connectivity index (χ0n) is 7.65. The van der Waals surface area contributed by atoms with Gasteiger partial charge in [-0.3, -0.25) is 0 Å². The van der Waals surface area contributed by atoms with Crippen LogP contribution in [0.25, 0.3) is 0 Å². The lowest BCUT2D eigenvalue weighted by molar-refractivity contribution is -0.0885. The summed E-state index contributed by atoms with van der Waals surface area (Å²) < 4.78 is 25.1. The molecule has 1 aliphatic carbocycles. The number of carboxylic acids is 1. The van der Waals surface area contributed by atoms with Crippen LogP contribution in [0.5, 0.6) is 0 Å². The van der Waals surface area contributed by atoms with Gasteiger partial charge in [0.05, 0.1) is 5.56 Å². The first-order valence-corrected chi connectivity index (χ1v) is 4.41. The molecule has 0 spiro atoms. The third kappa shape index (κ3) is 1.93. The summed E-state index contributed by atoms with van der Waals surface area (Å²) in [6.45, 7) is 0. The number of hydrogen-bond donors (Lipinski definition) is 1. The molecule has 0 atom stereocenters. The Morgan fingerprint density at radius 1 is 1.40 bits per heavy atom. The Morgan fingerprint density at radius 3 is 2.33 bits per heavy atom. The lowest BCUT2D eigenvalue weighted by atomic mass is 9.81. The predicted molar refractivity (Wildman–Crippen MR) is 45.9 cm³/mol. The minimum absolute atomic E-state index is 0.0372. The minimum atomic E-state index is -2.61. The fourth-order valence-corrected chi connectivity index (χ4v) is 1.50. The van der Waals surface area contributed by atoms with E-state index in [1.54, 1.807) is 0 Å². The molecule has 1 aromatic heterocycles. The largest absolute Gasteiger partial charge is 0.478 e. The Morgan fingerprint density at radius 2 is 1.93 bits per heavy atom. The van der Waals surface area contributed by atoms with Crippen LogP contribution >= 0.6 is 0 Å². The second-order valence-electron chi connectivity index (χ2n) is 3.60. The Kier molecular flexibility index (Phi) is 2.13. The molecule has 0 aromatic carbocycles. The fraction of sp³-hybridized carbons (Fsp3) is 0.444. The van der Waals surface area contributed by atoms with E-state index in [0.717, 1.165) is 12.4 Å². The molecule has 1 aliphatic rings. The summed E-state index contributed by atoms with van der Waals surface area (Å²) in [5.41, 5.74) is -0.0372. The number of aromatic carboxylic acids is 1. The zero-order chi connectivity index (χ0) is 11.1. The Hall–Kier alpha value is -1.59. The van der Waals surface area contributed by atoms with E-state index in [9.17, 15) is 13.6 Å². The normalized spacial score (nSPS) is 19.6. The van der Waals surface area contributed by atoms with Crippen molar-refractivity contribution in [2.24, 2.45) is 0 Å². The van der Waals surface area contributed by atoms with Crippen molar-refractivity contribution >= 4 is 5.97 Å². The summed E-state index contributed by atoms with van der Waals surface area (Å²) in [5, 5.41) is 8.57. The third-order valence-electron chi connectivity index (χ3n) is 2.37. The maximum absolute atomic E-state index is 12.5. The molecule has 1 fully saturated rings. The maximum Gasteiger partial charge on any atom is 0.338 e. The van der Waals surface area contributed by atoms with Gasteiger partial charge in [-0.05, 0) is 0 Å². The second kappa shape index (κ2) is 3.22. The molecule has 0 unspecified atom stereocenters. The number of nitrogens with zero attached hydrogens (tertiary/aromatic N) is 2. The molecule has 80 valence electrons. The van der Waals surface area contributed by atoms with Gasteiger partial charge in [0.15, 0.2) is 0 Å². The highest BCUT2D eigenvalue weighted by Crippen LogP contribution is 2.46. The van der Waals surface area contributed by atoms with Gasteiger partial charge < -0.3 is 5.11 Å². The average molecular weight is 214 g/mol. The third-order valence-corrected chi connectivity index (χ3v) is 2.37. The van der Waals surface area contributed by atoms with Gasteiger partial charge in [-0.2, -0.15) is 0 Å². The fourth-order valence-electron chi connectivity index (χ4n) is 1.50. The molecule has 0 amide bonds. The summed E-state index contributed by atoms with van der Waals surface area (Å²) in [6.07, 6.45) is 1.78. The van der Waals surface area contributed by atoms with Gasteiger partial charge in [0.2, 0.25) is 5.92 Å². The van der Waals surface area contributed by atoms with Crippen LogP contribution in [0.4, 0.5) is 8.78 Å². The standard InChI is InChI=1S/C9H8F2N2O2/c10-9(11)1-5(2-9)7-12-3-6(4-13-7)8(14)15/h3-5H,1-2H2,(H,14,15). The van der Waals surface area contributed by atoms with Crippen molar-refractivity contribution in [3.8, 4) is 0 Å². The molecule has 0 radical (unpaired) electrons. The molecule has 1 heterocycles. The first-order valence-electron chi connectivity index (χ1n) is 4.41. The molecule has 6 heteroatoms. The molecule has 4 nitrogen and oxygen atoms in total. The highest BCUT2D eigenvalue weighted by Gasteiger charge is 2.47. The second-order valence-corrected chi connectivity index (χ2v) is 3.60. The highest BCUT2D eigenvalue weighted by atomic mass is 19.3. The van der Waals surface area contributed by atoms with Crippen LogP contribution in [0.3, 0.4) is 0 Å². The van der Waals surface area contributed by atoms with Crippen LogP contribution in [0.15, 0.2) is 12.4 Å². The quantitative estimate of drug-likeness (QED) is 0.813. The number of alkyl halides is 2. The Balaban J connectivity index is 2.09. The van der Waals surface area contributed by atoms with Crippen molar-refractivity contribution in [3.05, 3.63) is 23.8 Å². The van der Waals surface area contributed by atoms with Crippen LogP contribution < -0.4 is 0 Å². The molecule has 1 saturated carbocycles. The monoisotopic (exact) mass is 214 g/mol. The Labute approximate surface area is 84.0 Å². The van der Waals surface area contributed by atoms with E-state index >= 15 is 0 Å². The van der Waals surface area contributed by atoms with E-state index in [4.69, 9.17) is 5.11 Å². The highest BCUT2D eigenvalue weighted by molar-refractivity contribution is 5.86. The van der Waals surface area contributed by atoms with E-state index in [-0.39, 0.29) is 24.3 Å². The molecule has 0 aliphatic heterocycles. The first-order chi connectivity index (χ1) is 6.98. The minimum Gasteiger partial charge on any atom is -0.478 e. The SMILES string of the molecule is O=C(O)c1cnc(C2CC(F)(F)C2)nc1. The summed E-state index contributed by atoms with van der Waals surface area (Å²) in [7, 11) is 0. The van der Waals surface area contributed by atoms with Crippen LogP contribution in [0.2, 0.25) is 0 Å². The van der Waals surface area contributed by atoms with Gasteiger partial charge in [-0.15, -0.1) is 0 Å². The van der Waals surface area contributed by atoms with Crippen LogP contribution in [-0.4, -0.2) is 27.0 Å². The van der Waals surface area contributed by atoms with Gasteiger partial charge in [0.1, 0.15) is 5.82 Å². The first kappa shape index (κ1) is 9.95. The molecule has 15 heavy (non-hydrogen) atoms. The number of carbonyl (C=O) groups is 1. The molecule has 0 bridgehead atoms. The number of halogens is 2. The lowest BCUT2D eigenvalue weighted by Gasteiger charge is -2.33. The molecule has 1 aromatic rings. The van der Waals surface area contributed by atoms with Gasteiger partial charge in [0.25, 0.3) is 0 Å². The molecule has 2 rings (SSSR count). The van der Waals surface area contributed by atoms with Crippen LogP contribution in [0.1, 0.15) is 34.9 Å². The average Bonchev–Trinajstić information content (AvgIpc) is 2.14. The number of aromatic nitrogens is 2. The molecule has 1 N–H and O–H groups in total. The van der Waals surface area contributed by atoms with Crippen molar-refractivity contribution in [1.82, 2.24) is 9.97 Å². The van der Waals surface area contributed by atoms with Gasteiger partial charge >= 0.3 is 5.97 Å². The van der Waals surface area contributed by atoms with E-state index < -0.39 is 11.9 Å². The summed E-state index contributed by atoms with van der Waals surface area (Å²) in [5.74, 6) is -3.78. The van der Waals surface area contributed by atoms with Gasteiger partial charge in [-0.25, -0.2) is 23.5 Å². The zero-order valence-corrected chi connectivity index (χ0v) is 7.65. The van der Waals surface area contributed by atoms with Crippen molar-refractivity contribution in [1.29, 1.82) is 0 Å². The van der Waals surface area contributed by atoms with Crippen LogP contribution in [-0.2, 0) is 0 Å². The maximum atomic E-state index is 12.5. The summed E-state index contributed by atoms with van der Waals surface area (Å²) in [4.78, 5) is 18.0. The predicted octanol–water partition coefficient (Wildman–Crippen LogP) is 1.69. The van der Waals surface area contributed by atoms with E-state index in [0.29, 0.717) is 5.82 Å². The van der Waals surface area contributed by atoms with Crippen molar-refractivity contribution in [2.45, 2.75) is 24.7 Å². The lowest BCUT2D eigenvalue weighted by Crippen LogP contribution is -2.34. The molecular weight excluding hydrogens is 206 g/mol. The number of rotatable bonds is 2. The van der Waals surface area contributed by atoms with Gasteiger partial charge in [-0.1, -0.05) is 0 Å². The molecule has 0 saturated heterocycles. The topological polar surface area (TPSA) is 63.1 Å². The van der Waals surface area contributed by atoms with Crippen molar-refractivity contribution < 1.29 is 18.7 Å². The van der Waals surface area contributed by atoms with E-state index in [1.807, 2.05) is 0 Å². The van der Waals surface area contributed by atoms with Crippen molar-refractivity contribution in [3.63, 3.8) is 0 Å². The van der Waals surface area contributed by atoms with E-state index in [2.05, 4.69) is 9.97 Å². The molecular formula is C9H8F2N2O2. The number of hydrogen-bond acceptors (Lipinski definition) is 3. The summed E-state index contributed by atoms with van der Waals surface area (Å²) >= 11 is 0. The summed E-state index contributed by atoms with van der Waals surface area (Å²) in [6, 6.07) is 0. The van der Waals surface area contributed by atoms with Crippen LogP contribution in [0, 0.1) is 0 Å². The smallest absolute Gasteiger partial charge is 0.338 e. The number of carboxylic acid groups (broad SMARTS) is 1.